The van der Waals surface area contributed by atoms with Crippen molar-refractivity contribution in [2.24, 2.45) is 13.0 Å². The van der Waals surface area contributed by atoms with Crippen molar-refractivity contribution in [3.8, 4) is 28.3 Å². The number of hydrogen-bond donors (Lipinski definition) is 1. The molecule has 2 N–H and O–H groups in total. The smallest absolute Gasteiger partial charge is 0.166 e. The molecule has 0 amide bonds. The molecular weight excluding hydrogens is 421 g/mol. The van der Waals surface area contributed by atoms with Crippen molar-refractivity contribution < 1.29 is 9.13 Å². The van der Waals surface area contributed by atoms with Gasteiger partial charge in [-0.3, -0.25) is 4.68 Å². The molecule has 1 fully saturated rings. The molecule has 1 aromatic carbocycles. The third-order valence-electron chi connectivity index (χ3n) is 6.36. The maximum atomic E-state index is 14.3. The van der Waals surface area contributed by atoms with Gasteiger partial charge in [0, 0.05) is 54.7 Å². The van der Waals surface area contributed by atoms with Crippen LogP contribution in [0.3, 0.4) is 0 Å². The number of halogens is 1. The Morgan fingerprint density at radius 1 is 1.24 bits per heavy atom. The van der Waals surface area contributed by atoms with E-state index in [2.05, 4.69) is 15.3 Å². The van der Waals surface area contributed by atoms with E-state index in [0.29, 0.717) is 23.7 Å². The topological polar surface area (TPSA) is 96.7 Å². The third-order valence-corrected chi connectivity index (χ3v) is 6.36. The number of rotatable bonds is 2. The number of fused-ring (bicyclic) bond motifs is 7. The summed E-state index contributed by atoms with van der Waals surface area (Å²) < 4.78 is 24.3. The second-order valence-electron chi connectivity index (χ2n) is 8.96. The normalized spacial score (nSPS) is 17.2. The van der Waals surface area contributed by atoms with Gasteiger partial charge < -0.3 is 10.5 Å². The lowest BCUT2D eigenvalue weighted by atomic mass is 9.95. The minimum absolute atomic E-state index is 0.280. The summed E-state index contributed by atoms with van der Waals surface area (Å²) in [6, 6.07) is 6.58. The van der Waals surface area contributed by atoms with Crippen LogP contribution in [0.15, 0.2) is 36.7 Å². The zero-order valence-corrected chi connectivity index (χ0v) is 18.5. The zero-order chi connectivity index (χ0) is 22.7. The van der Waals surface area contributed by atoms with Crippen LogP contribution in [0.4, 0.5) is 10.2 Å². The molecule has 9 heteroatoms. The van der Waals surface area contributed by atoms with Gasteiger partial charge >= 0.3 is 0 Å². The lowest BCUT2D eigenvalue weighted by Gasteiger charge is -2.20. The van der Waals surface area contributed by atoms with Gasteiger partial charge in [0.15, 0.2) is 11.6 Å². The summed E-state index contributed by atoms with van der Waals surface area (Å²) in [7, 11) is 1.88. The van der Waals surface area contributed by atoms with Crippen molar-refractivity contribution in [1.29, 1.82) is 0 Å². The molecule has 1 aliphatic heterocycles. The first-order valence-corrected chi connectivity index (χ1v) is 11.1. The molecular formula is C24H24FN7O. The molecule has 0 radical (unpaired) electrons. The maximum Gasteiger partial charge on any atom is 0.166 e. The monoisotopic (exact) mass is 445 g/mol. The molecule has 3 aromatic heterocycles. The van der Waals surface area contributed by atoms with Crippen molar-refractivity contribution in [2.45, 2.75) is 38.8 Å². The van der Waals surface area contributed by atoms with Crippen LogP contribution >= 0.6 is 0 Å². The number of nitrogens with zero attached hydrogens (tertiary/aromatic N) is 6. The molecule has 0 saturated heterocycles. The molecule has 2 bridgehead atoms. The Morgan fingerprint density at radius 3 is 2.91 bits per heavy atom. The number of aromatic nitrogens is 6. The first-order chi connectivity index (χ1) is 16.0. The Kier molecular flexibility index (Phi) is 4.46. The summed E-state index contributed by atoms with van der Waals surface area (Å²) in [5.74, 6) is 1.02. The predicted molar refractivity (Wildman–Crippen MR) is 121 cm³/mol. The summed E-state index contributed by atoms with van der Waals surface area (Å²) in [4.78, 5) is 4.39. The molecule has 168 valence electrons. The van der Waals surface area contributed by atoms with Crippen molar-refractivity contribution in [3.05, 3.63) is 59.3 Å². The van der Waals surface area contributed by atoms with E-state index < -0.39 is 6.10 Å². The van der Waals surface area contributed by atoms with E-state index in [4.69, 9.17) is 15.6 Å². The van der Waals surface area contributed by atoms with E-state index in [1.54, 1.807) is 16.9 Å². The van der Waals surface area contributed by atoms with E-state index in [0.717, 1.165) is 40.3 Å². The number of ether oxygens (including phenoxy) is 1. The van der Waals surface area contributed by atoms with Crippen molar-refractivity contribution >= 4 is 5.82 Å². The molecule has 0 spiro atoms. The van der Waals surface area contributed by atoms with Crippen LogP contribution in [-0.4, -0.2) is 29.8 Å². The molecule has 6 rings (SSSR count). The van der Waals surface area contributed by atoms with E-state index >= 15 is 0 Å². The first kappa shape index (κ1) is 19.9. The van der Waals surface area contributed by atoms with Gasteiger partial charge in [-0.2, -0.15) is 5.10 Å². The van der Waals surface area contributed by atoms with E-state index in [1.807, 2.05) is 30.9 Å². The largest absolute Gasteiger partial charge is 0.482 e. The van der Waals surface area contributed by atoms with Crippen LogP contribution in [0.2, 0.25) is 0 Å². The molecule has 1 atom stereocenters. The zero-order valence-electron chi connectivity index (χ0n) is 18.5. The minimum atomic E-state index is -0.474. The molecule has 1 aliphatic carbocycles. The molecule has 0 unspecified atom stereocenters. The summed E-state index contributed by atoms with van der Waals surface area (Å²) in [5.41, 5.74) is 12.0. The van der Waals surface area contributed by atoms with Crippen LogP contribution in [0.1, 0.15) is 42.7 Å². The SMILES string of the molecule is C[C@H]1Oc2cc(cnc2N)-c2c(nnn2CC2CC2)Cc2cn(C)nc2-c2ccc(F)cc21. The Balaban J connectivity index is 1.60. The lowest BCUT2D eigenvalue weighted by Crippen LogP contribution is -2.10. The Hall–Kier alpha value is -3.75. The highest BCUT2D eigenvalue weighted by Gasteiger charge is 2.28. The van der Waals surface area contributed by atoms with Gasteiger partial charge in [0.1, 0.15) is 11.9 Å². The van der Waals surface area contributed by atoms with Gasteiger partial charge in [-0.1, -0.05) is 5.21 Å². The number of benzene rings is 1. The highest BCUT2D eigenvalue weighted by atomic mass is 19.1. The second kappa shape index (κ2) is 7.40. The van der Waals surface area contributed by atoms with Crippen LogP contribution in [0, 0.1) is 11.7 Å². The fraction of sp³-hybridized carbons (Fsp3) is 0.333. The van der Waals surface area contributed by atoms with Crippen molar-refractivity contribution in [1.82, 2.24) is 29.8 Å². The molecule has 1 saturated carbocycles. The summed E-state index contributed by atoms with van der Waals surface area (Å²) in [6.45, 7) is 2.70. The summed E-state index contributed by atoms with van der Waals surface area (Å²) >= 11 is 0. The predicted octanol–water partition coefficient (Wildman–Crippen LogP) is 3.92. The van der Waals surface area contributed by atoms with E-state index in [-0.39, 0.29) is 11.6 Å². The summed E-state index contributed by atoms with van der Waals surface area (Å²) in [5, 5.41) is 13.8. The van der Waals surface area contributed by atoms with E-state index in [9.17, 15) is 4.39 Å². The molecule has 2 aliphatic rings. The highest BCUT2D eigenvalue weighted by molar-refractivity contribution is 5.71. The highest BCUT2D eigenvalue weighted by Crippen LogP contribution is 2.39. The van der Waals surface area contributed by atoms with Crippen molar-refractivity contribution in [2.75, 3.05) is 5.73 Å². The van der Waals surface area contributed by atoms with Gasteiger partial charge in [0.25, 0.3) is 0 Å². The van der Waals surface area contributed by atoms with Crippen molar-refractivity contribution in [3.63, 3.8) is 0 Å². The fourth-order valence-corrected chi connectivity index (χ4v) is 4.55. The van der Waals surface area contributed by atoms with Gasteiger partial charge in [0.2, 0.25) is 0 Å². The average molecular weight is 446 g/mol. The number of nitrogens with two attached hydrogens (primary N) is 1. The molecule has 8 nitrogen and oxygen atoms in total. The minimum Gasteiger partial charge on any atom is -0.482 e. The molecule has 4 aromatic rings. The number of nitrogen functional groups attached to an aromatic ring is 1. The number of anilines is 1. The van der Waals surface area contributed by atoms with Gasteiger partial charge in [0.05, 0.1) is 17.1 Å². The lowest BCUT2D eigenvalue weighted by molar-refractivity contribution is 0.227. The van der Waals surface area contributed by atoms with Crippen LogP contribution in [-0.2, 0) is 20.0 Å². The third kappa shape index (κ3) is 3.53. The first-order valence-electron chi connectivity index (χ1n) is 11.1. The Labute approximate surface area is 190 Å². The Bertz CT molecular complexity index is 1370. The fourth-order valence-electron chi connectivity index (χ4n) is 4.55. The summed E-state index contributed by atoms with van der Waals surface area (Å²) in [6.07, 6.45) is 6.20. The molecule has 33 heavy (non-hydrogen) atoms. The number of pyridine rings is 1. The van der Waals surface area contributed by atoms with Crippen LogP contribution < -0.4 is 10.5 Å². The Morgan fingerprint density at radius 2 is 2.09 bits per heavy atom. The van der Waals surface area contributed by atoms with Gasteiger partial charge in [-0.05, 0) is 49.9 Å². The standard InChI is InChI=1S/C24H24FN7O/c1-13-19-9-17(25)5-6-18(19)22-16(12-31(2)29-22)7-20-23(32(30-28-20)11-14-3-4-14)15-8-21(33-13)24(26)27-10-15/h5-6,8-10,12-14H,3-4,7,11H2,1-2H3,(H2,26,27)/t13-/m1/s1. The second-order valence-corrected chi connectivity index (χ2v) is 8.96. The number of aryl methyl sites for hydroxylation is 1. The van der Waals surface area contributed by atoms with Gasteiger partial charge in [-0.25, -0.2) is 14.1 Å². The number of hydrogen-bond acceptors (Lipinski definition) is 6. The average Bonchev–Trinajstić information content (AvgIpc) is 3.41. The van der Waals surface area contributed by atoms with Crippen LogP contribution in [0.5, 0.6) is 5.75 Å². The quantitative estimate of drug-likeness (QED) is 0.502. The van der Waals surface area contributed by atoms with E-state index in [1.165, 1.54) is 25.0 Å². The molecule has 4 heterocycles. The maximum absolute atomic E-state index is 14.3. The van der Waals surface area contributed by atoms with Crippen LogP contribution in [0.25, 0.3) is 22.5 Å². The van der Waals surface area contributed by atoms with Gasteiger partial charge in [-0.15, -0.1) is 5.10 Å².